The molecule has 0 saturated carbocycles. The van der Waals surface area contributed by atoms with E-state index in [0.29, 0.717) is 20.7 Å². The Morgan fingerprint density at radius 2 is 2.17 bits per heavy atom. The lowest BCUT2D eigenvalue weighted by atomic mass is 10.2. The monoisotopic (exact) mass is 325 g/mol. The molecule has 0 aliphatic carbocycles. The van der Waals surface area contributed by atoms with E-state index in [4.69, 9.17) is 5.26 Å². The van der Waals surface area contributed by atoms with Crippen molar-refractivity contribution < 1.29 is 4.39 Å². The molecular weight excluding hydrogens is 317 g/mol. The number of halogens is 2. The van der Waals surface area contributed by atoms with Crippen molar-refractivity contribution in [3.05, 3.63) is 39.2 Å². The first-order valence-corrected chi connectivity index (χ1v) is 6.68. The van der Waals surface area contributed by atoms with Gasteiger partial charge < -0.3 is 5.32 Å². The molecule has 0 aliphatic rings. The highest BCUT2D eigenvalue weighted by Crippen LogP contribution is 2.31. The zero-order valence-corrected chi connectivity index (χ0v) is 12.1. The van der Waals surface area contributed by atoms with E-state index in [1.807, 2.05) is 0 Å². The summed E-state index contributed by atoms with van der Waals surface area (Å²) in [6.45, 7) is 3.59. The van der Waals surface area contributed by atoms with Crippen molar-refractivity contribution >= 4 is 38.2 Å². The molecule has 18 heavy (non-hydrogen) atoms. The van der Waals surface area contributed by atoms with Crippen molar-refractivity contribution in [2.75, 3.05) is 5.32 Å². The van der Waals surface area contributed by atoms with Crippen LogP contribution in [0.5, 0.6) is 0 Å². The highest BCUT2D eigenvalue weighted by molar-refractivity contribution is 9.10. The van der Waals surface area contributed by atoms with E-state index in [2.05, 4.69) is 31.7 Å². The Kier molecular flexibility index (Phi) is 3.64. The molecule has 0 saturated heterocycles. The molecule has 2 aromatic rings. The number of nitrogens with one attached hydrogen (secondary N) is 1. The van der Waals surface area contributed by atoms with Crippen LogP contribution in [0, 0.1) is 31.0 Å². The first-order chi connectivity index (χ1) is 8.52. The average molecular weight is 326 g/mol. The Bertz CT molecular complexity index is 646. The highest BCUT2D eigenvalue weighted by atomic mass is 79.9. The largest absolute Gasteiger partial charge is 0.345 e. The lowest BCUT2D eigenvalue weighted by Crippen LogP contribution is -1.94. The second-order valence-electron chi connectivity index (χ2n) is 3.79. The Labute approximate surface area is 117 Å². The van der Waals surface area contributed by atoms with Gasteiger partial charge in [0, 0.05) is 5.69 Å². The summed E-state index contributed by atoms with van der Waals surface area (Å²) in [5.41, 5.74) is 2.75. The van der Waals surface area contributed by atoms with Crippen molar-refractivity contribution in [2.24, 2.45) is 0 Å². The van der Waals surface area contributed by atoms with Gasteiger partial charge in [0.05, 0.1) is 10.2 Å². The van der Waals surface area contributed by atoms with Crippen LogP contribution in [0.1, 0.15) is 16.8 Å². The lowest BCUT2D eigenvalue weighted by Gasteiger charge is -2.09. The highest BCUT2D eigenvalue weighted by Gasteiger charge is 2.12. The predicted octanol–water partition coefficient (Wildman–Crippen LogP) is 4.28. The number of benzene rings is 1. The molecule has 1 heterocycles. The second-order valence-corrected chi connectivity index (χ2v) is 5.42. The number of aromatic nitrogens is 1. The zero-order chi connectivity index (χ0) is 13.3. The minimum atomic E-state index is -0.306. The van der Waals surface area contributed by atoms with Gasteiger partial charge in [0.1, 0.15) is 22.5 Å². The van der Waals surface area contributed by atoms with Crippen molar-refractivity contribution in [3.8, 4) is 6.07 Å². The summed E-state index contributed by atoms with van der Waals surface area (Å²) in [6, 6.07) is 5.20. The number of hydrogen-bond donors (Lipinski definition) is 1. The van der Waals surface area contributed by atoms with E-state index in [9.17, 15) is 4.39 Å². The minimum Gasteiger partial charge on any atom is -0.345 e. The fraction of sp³-hybridized carbons (Fsp3) is 0.167. The van der Waals surface area contributed by atoms with Crippen LogP contribution in [0.2, 0.25) is 0 Å². The first-order valence-electron chi connectivity index (χ1n) is 5.12. The normalized spacial score (nSPS) is 10.2. The first kappa shape index (κ1) is 13.0. The molecule has 3 nitrogen and oxygen atoms in total. The number of rotatable bonds is 2. The van der Waals surface area contributed by atoms with Crippen LogP contribution >= 0.6 is 27.5 Å². The van der Waals surface area contributed by atoms with Crippen molar-refractivity contribution in [2.45, 2.75) is 13.8 Å². The van der Waals surface area contributed by atoms with Gasteiger partial charge in [0.2, 0.25) is 0 Å². The van der Waals surface area contributed by atoms with Gasteiger partial charge in [0.15, 0.2) is 0 Å². The van der Waals surface area contributed by atoms with Gasteiger partial charge in [-0.3, -0.25) is 0 Å². The number of aryl methyl sites for hydroxylation is 2. The summed E-state index contributed by atoms with van der Waals surface area (Å²) in [4.78, 5) is 0. The standard InChI is InChI=1S/C12H9BrFN3S/c1-6-3-10(14)9(13)4-11(6)16-12-8(5-15)7(2)17-18-12/h3-4,16H,1-2H3. The molecular formula is C12H9BrFN3S. The van der Waals surface area contributed by atoms with Crippen molar-refractivity contribution in [1.29, 1.82) is 5.26 Å². The summed E-state index contributed by atoms with van der Waals surface area (Å²) < 4.78 is 17.8. The molecule has 0 spiro atoms. The van der Waals surface area contributed by atoms with Gasteiger partial charge in [-0.25, -0.2) is 4.39 Å². The molecule has 1 aromatic heterocycles. The van der Waals surface area contributed by atoms with Gasteiger partial charge in [-0.05, 0) is 59.0 Å². The molecule has 92 valence electrons. The second kappa shape index (κ2) is 5.04. The third-order valence-corrected chi connectivity index (χ3v) is 3.95. The summed E-state index contributed by atoms with van der Waals surface area (Å²) in [7, 11) is 0. The van der Waals surface area contributed by atoms with E-state index >= 15 is 0 Å². The Balaban J connectivity index is 2.41. The number of nitrogens with zero attached hydrogens (tertiary/aromatic N) is 2. The van der Waals surface area contributed by atoms with Crippen molar-refractivity contribution in [1.82, 2.24) is 4.37 Å². The SMILES string of the molecule is Cc1cc(F)c(Br)cc1Nc1snc(C)c1C#N. The van der Waals surface area contributed by atoms with E-state index in [0.717, 1.165) is 11.3 Å². The molecule has 0 fully saturated rings. The van der Waals surface area contributed by atoms with E-state index in [1.54, 1.807) is 19.9 Å². The fourth-order valence-corrected chi connectivity index (χ4v) is 2.59. The van der Waals surface area contributed by atoms with Crippen LogP contribution in [0.15, 0.2) is 16.6 Å². The Hall–Kier alpha value is -1.45. The number of hydrogen-bond acceptors (Lipinski definition) is 4. The smallest absolute Gasteiger partial charge is 0.137 e. The molecule has 0 amide bonds. The molecule has 0 aliphatic heterocycles. The van der Waals surface area contributed by atoms with Gasteiger partial charge >= 0.3 is 0 Å². The topological polar surface area (TPSA) is 48.7 Å². The third kappa shape index (κ3) is 2.37. The molecule has 1 N–H and O–H groups in total. The maximum absolute atomic E-state index is 13.3. The summed E-state index contributed by atoms with van der Waals surface area (Å²) >= 11 is 4.36. The van der Waals surface area contributed by atoms with E-state index in [-0.39, 0.29) is 5.82 Å². The summed E-state index contributed by atoms with van der Waals surface area (Å²) in [5.74, 6) is -0.306. The molecule has 0 bridgehead atoms. The molecule has 6 heteroatoms. The fourth-order valence-electron chi connectivity index (χ4n) is 1.49. The van der Waals surface area contributed by atoms with Crippen molar-refractivity contribution in [3.63, 3.8) is 0 Å². The molecule has 2 rings (SSSR count). The predicted molar refractivity (Wildman–Crippen MR) is 73.7 cm³/mol. The van der Waals surface area contributed by atoms with Gasteiger partial charge in [-0.2, -0.15) is 9.64 Å². The van der Waals surface area contributed by atoms with Gasteiger partial charge in [-0.15, -0.1) is 0 Å². The van der Waals surface area contributed by atoms with Crippen LogP contribution in [-0.4, -0.2) is 4.37 Å². The van der Waals surface area contributed by atoms with Crippen LogP contribution in [0.25, 0.3) is 0 Å². The summed E-state index contributed by atoms with van der Waals surface area (Å²) in [5, 5.41) is 12.8. The van der Waals surface area contributed by atoms with Crippen LogP contribution < -0.4 is 5.32 Å². The van der Waals surface area contributed by atoms with Crippen LogP contribution in [0.3, 0.4) is 0 Å². The molecule has 1 aromatic carbocycles. The number of anilines is 2. The van der Waals surface area contributed by atoms with Crippen LogP contribution in [0.4, 0.5) is 15.1 Å². The zero-order valence-electron chi connectivity index (χ0n) is 9.71. The van der Waals surface area contributed by atoms with Crippen LogP contribution in [-0.2, 0) is 0 Å². The van der Waals surface area contributed by atoms with Gasteiger partial charge in [-0.1, -0.05) is 0 Å². The average Bonchev–Trinajstić information content (AvgIpc) is 2.67. The lowest BCUT2D eigenvalue weighted by molar-refractivity contribution is 0.620. The van der Waals surface area contributed by atoms with Gasteiger partial charge in [0.25, 0.3) is 0 Å². The van der Waals surface area contributed by atoms with E-state index in [1.165, 1.54) is 17.6 Å². The number of nitriles is 1. The minimum absolute atomic E-state index is 0.306. The quantitative estimate of drug-likeness (QED) is 0.896. The summed E-state index contributed by atoms with van der Waals surface area (Å²) in [6.07, 6.45) is 0. The van der Waals surface area contributed by atoms with E-state index < -0.39 is 0 Å². The molecule has 0 atom stereocenters. The Morgan fingerprint density at radius 1 is 1.44 bits per heavy atom. The molecule has 0 unspecified atom stereocenters. The molecule has 0 radical (unpaired) electrons. The third-order valence-electron chi connectivity index (χ3n) is 2.49. The Morgan fingerprint density at radius 3 is 2.83 bits per heavy atom. The maximum Gasteiger partial charge on any atom is 0.137 e. The maximum atomic E-state index is 13.3.